The van der Waals surface area contributed by atoms with Crippen LogP contribution in [0.4, 0.5) is 0 Å². The van der Waals surface area contributed by atoms with Crippen molar-refractivity contribution in [2.45, 2.75) is 19.1 Å². The normalized spacial score (nSPS) is 10.7. The van der Waals surface area contributed by atoms with E-state index in [1.54, 1.807) is 6.20 Å². The summed E-state index contributed by atoms with van der Waals surface area (Å²) < 4.78 is 11.5. The minimum Gasteiger partial charge on any atom is -0.493 e. The fourth-order valence-corrected chi connectivity index (χ4v) is 3.20. The Labute approximate surface area is 161 Å². The molecule has 27 heavy (non-hydrogen) atoms. The highest BCUT2D eigenvalue weighted by molar-refractivity contribution is 7.99. The molecule has 0 radical (unpaired) electrons. The lowest BCUT2D eigenvalue weighted by molar-refractivity contribution is -0.133. The van der Waals surface area contributed by atoms with Gasteiger partial charge in [-0.05, 0) is 36.8 Å². The molecule has 7 heteroatoms. The molecule has 0 bridgehead atoms. The van der Waals surface area contributed by atoms with Crippen LogP contribution in [0.3, 0.4) is 0 Å². The lowest BCUT2D eigenvalue weighted by Crippen LogP contribution is -2.03. The van der Waals surface area contributed by atoms with Gasteiger partial charge in [0.1, 0.15) is 17.2 Å². The van der Waals surface area contributed by atoms with E-state index in [-0.39, 0.29) is 5.75 Å². The Bertz CT molecular complexity index is 896. The molecule has 0 amide bonds. The number of carboxylic acids is 1. The van der Waals surface area contributed by atoms with Crippen LogP contribution in [0, 0.1) is 6.92 Å². The average molecular weight is 384 g/mol. The van der Waals surface area contributed by atoms with Gasteiger partial charge in [-0.3, -0.25) is 9.78 Å². The van der Waals surface area contributed by atoms with Crippen LogP contribution >= 0.6 is 11.8 Å². The van der Waals surface area contributed by atoms with Crippen molar-refractivity contribution in [3.05, 3.63) is 65.7 Å². The molecule has 0 aliphatic carbocycles. The predicted octanol–water partition coefficient (Wildman–Crippen LogP) is 3.98. The SMILES string of the molecule is Cc1oc(-c2ccccn2)nc1CCOc1cccc(CSCC(=O)O)c1. The van der Waals surface area contributed by atoms with Crippen LogP contribution in [-0.4, -0.2) is 33.4 Å². The number of aryl methyl sites for hydroxylation is 1. The molecule has 2 heterocycles. The number of hydrogen-bond acceptors (Lipinski definition) is 6. The van der Waals surface area contributed by atoms with Gasteiger partial charge >= 0.3 is 5.97 Å². The Morgan fingerprint density at radius 3 is 2.93 bits per heavy atom. The van der Waals surface area contributed by atoms with Gasteiger partial charge in [-0.2, -0.15) is 0 Å². The van der Waals surface area contributed by atoms with Crippen molar-refractivity contribution < 1.29 is 19.1 Å². The van der Waals surface area contributed by atoms with Crippen molar-refractivity contribution in [1.82, 2.24) is 9.97 Å². The third kappa shape index (κ3) is 5.59. The molecule has 2 aromatic heterocycles. The molecular formula is C20H20N2O4S. The third-order valence-corrected chi connectivity index (χ3v) is 4.77. The number of carbonyl (C=O) groups is 1. The number of rotatable bonds is 9. The summed E-state index contributed by atoms with van der Waals surface area (Å²) in [5.74, 6) is 1.96. The highest BCUT2D eigenvalue weighted by atomic mass is 32.2. The Hall–Kier alpha value is -2.80. The Morgan fingerprint density at radius 2 is 2.15 bits per heavy atom. The Balaban J connectivity index is 1.54. The highest BCUT2D eigenvalue weighted by Crippen LogP contribution is 2.21. The quantitative estimate of drug-likeness (QED) is 0.597. The molecule has 0 unspecified atom stereocenters. The van der Waals surface area contributed by atoms with Gasteiger partial charge in [0.2, 0.25) is 5.89 Å². The number of aliphatic carboxylic acids is 1. The van der Waals surface area contributed by atoms with Crippen LogP contribution < -0.4 is 4.74 Å². The number of benzene rings is 1. The van der Waals surface area contributed by atoms with E-state index in [2.05, 4.69) is 9.97 Å². The lowest BCUT2D eigenvalue weighted by atomic mass is 10.2. The molecule has 0 aliphatic rings. The zero-order valence-corrected chi connectivity index (χ0v) is 15.7. The van der Waals surface area contributed by atoms with E-state index < -0.39 is 5.97 Å². The summed E-state index contributed by atoms with van der Waals surface area (Å²) >= 11 is 1.36. The zero-order valence-electron chi connectivity index (χ0n) is 14.9. The number of oxazole rings is 1. The number of pyridine rings is 1. The van der Waals surface area contributed by atoms with Gasteiger partial charge in [-0.15, -0.1) is 11.8 Å². The highest BCUT2D eigenvalue weighted by Gasteiger charge is 2.12. The fourth-order valence-electron chi connectivity index (χ4n) is 2.51. The molecule has 0 atom stereocenters. The van der Waals surface area contributed by atoms with Crippen LogP contribution in [0.25, 0.3) is 11.6 Å². The van der Waals surface area contributed by atoms with Crippen LogP contribution in [-0.2, 0) is 17.0 Å². The summed E-state index contributed by atoms with van der Waals surface area (Å²) in [6, 6.07) is 13.3. The standard InChI is InChI=1S/C20H20N2O4S/c1-14-17(22-20(26-14)18-7-2-3-9-21-18)8-10-25-16-6-4-5-15(11-16)12-27-13-19(23)24/h2-7,9,11H,8,10,12-13H2,1H3,(H,23,24). The zero-order chi connectivity index (χ0) is 19.1. The maximum atomic E-state index is 10.6. The fraction of sp³-hybridized carbons (Fsp3) is 0.250. The Morgan fingerprint density at radius 1 is 1.26 bits per heavy atom. The molecule has 3 aromatic rings. The maximum Gasteiger partial charge on any atom is 0.313 e. The van der Waals surface area contributed by atoms with E-state index in [4.69, 9.17) is 14.3 Å². The van der Waals surface area contributed by atoms with Crippen molar-refractivity contribution in [3.8, 4) is 17.3 Å². The number of ether oxygens (including phenoxy) is 1. The molecule has 1 N–H and O–H groups in total. The van der Waals surface area contributed by atoms with E-state index in [1.807, 2.05) is 49.4 Å². The molecule has 1 aromatic carbocycles. The van der Waals surface area contributed by atoms with Crippen LogP contribution in [0.15, 0.2) is 53.1 Å². The van der Waals surface area contributed by atoms with Crippen LogP contribution in [0.2, 0.25) is 0 Å². The first-order valence-electron chi connectivity index (χ1n) is 8.51. The minimum absolute atomic E-state index is 0.0924. The largest absolute Gasteiger partial charge is 0.493 e. The smallest absolute Gasteiger partial charge is 0.313 e. The van der Waals surface area contributed by atoms with Gasteiger partial charge in [-0.25, -0.2) is 4.98 Å². The summed E-state index contributed by atoms with van der Waals surface area (Å²) in [6.45, 7) is 2.36. The number of aromatic nitrogens is 2. The van der Waals surface area contributed by atoms with Crippen molar-refractivity contribution in [1.29, 1.82) is 0 Å². The molecular weight excluding hydrogens is 364 g/mol. The molecule has 0 spiro atoms. The molecule has 140 valence electrons. The molecule has 0 fully saturated rings. The van der Waals surface area contributed by atoms with Gasteiger partial charge < -0.3 is 14.3 Å². The van der Waals surface area contributed by atoms with Crippen molar-refractivity contribution in [2.24, 2.45) is 0 Å². The van der Waals surface area contributed by atoms with Crippen molar-refractivity contribution in [3.63, 3.8) is 0 Å². The van der Waals surface area contributed by atoms with E-state index in [1.165, 1.54) is 11.8 Å². The molecule has 3 rings (SSSR count). The summed E-state index contributed by atoms with van der Waals surface area (Å²) in [6.07, 6.45) is 2.33. The van der Waals surface area contributed by atoms with Gasteiger partial charge in [0.15, 0.2) is 0 Å². The lowest BCUT2D eigenvalue weighted by Gasteiger charge is -2.07. The molecule has 0 saturated carbocycles. The second-order valence-corrected chi connectivity index (χ2v) is 6.85. The topological polar surface area (TPSA) is 85.5 Å². The Kier molecular flexibility index (Phi) is 6.49. The van der Waals surface area contributed by atoms with Crippen LogP contribution in [0.5, 0.6) is 5.75 Å². The summed E-state index contributed by atoms with van der Waals surface area (Å²) in [5, 5.41) is 8.70. The van der Waals surface area contributed by atoms with E-state index in [0.29, 0.717) is 30.4 Å². The van der Waals surface area contributed by atoms with E-state index in [0.717, 1.165) is 22.8 Å². The summed E-state index contributed by atoms with van der Waals surface area (Å²) in [7, 11) is 0. The predicted molar refractivity (Wildman–Crippen MR) is 104 cm³/mol. The average Bonchev–Trinajstić information content (AvgIpc) is 3.03. The second kappa shape index (κ2) is 9.23. The van der Waals surface area contributed by atoms with E-state index in [9.17, 15) is 4.79 Å². The van der Waals surface area contributed by atoms with Gasteiger partial charge in [0, 0.05) is 18.4 Å². The summed E-state index contributed by atoms with van der Waals surface area (Å²) in [5.41, 5.74) is 2.59. The molecule has 0 aliphatic heterocycles. The van der Waals surface area contributed by atoms with Gasteiger partial charge in [0.05, 0.1) is 18.1 Å². The van der Waals surface area contributed by atoms with Gasteiger partial charge in [-0.1, -0.05) is 18.2 Å². The maximum absolute atomic E-state index is 10.6. The molecule has 6 nitrogen and oxygen atoms in total. The first kappa shape index (κ1) is 19.0. The van der Waals surface area contributed by atoms with Gasteiger partial charge in [0.25, 0.3) is 0 Å². The first-order valence-corrected chi connectivity index (χ1v) is 9.66. The van der Waals surface area contributed by atoms with Crippen molar-refractivity contribution >= 4 is 17.7 Å². The van der Waals surface area contributed by atoms with Crippen molar-refractivity contribution in [2.75, 3.05) is 12.4 Å². The number of thioether (sulfide) groups is 1. The second-order valence-electron chi connectivity index (χ2n) is 5.87. The number of nitrogens with zero attached hydrogens (tertiary/aromatic N) is 2. The third-order valence-electron chi connectivity index (χ3n) is 3.78. The number of carboxylic acid groups (broad SMARTS) is 1. The summed E-state index contributed by atoms with van der Waals surface area (Å²) in [4.78, 5) is 19.4. The van der Waals surface area contributed by atoms with E-state index >= 15 is 0 Å². The monoisotopic (exact) mass is 384 g/mol. The van der Waals surface area contributed by atoms with Crippen LogP contribution in [0.1, 0.15) is 17.0 Å². The first-order chi connectivity index (χ1) is 13.1. The minimum atomic E-state index is -0.805. The number of hydrogen-bond donors (Lipinski definition) is 1. The molecule has 0 saturated heterocycles.